The number of nitrogens with one attached hydrogen (secondary N) is 1. The van der Waals surface area contributed by atoms with Crippen LogP contribution in [0.2, 0.25) is 0 Å². The third-order valence-electron chi connectivity index (χ3n) is 3.43. The Kier molecular flexibility index (Phi) is 4.58. The monoisotopic (exact) mass is 369 g/mol. The van der Waals surface area contributed by atoms with E-state index in [0.717, 1.165) is 9.13 Å². The second kappa shape index (κ2) is 6.01. The first-order valence-corrected chi connectivity index (χ1v) is 7.30. The van der Waals surface area contributed by atoms with E-state index in [-0.39, 0.29) is 11.9 Å². The van der Waals surface area contributed by atoms with Crippen LogP contribution in [0.15, 0.2) is 36.4 Å². The zero-order chi connectivity index (χ0) is 14.0. The van der Waals surface area contributed by atoms with Crippen LogP contribution < -0.4 is 5.32 Å². The van der Waals surface area contributed by atoms with E-state index in [1.165, 1.54) is 22.8 Å². The van der Waals surface area contributed by atoms with Crippen LogP contribution in [0.25, 0.3) is 0 Å². The molecule has 0 amide bonds. The molecule has 2 aromatic carbocycles. The highest BCUT2D eigenvalue weighted by Gasteiger charge is 2.15. The van der Waals surface area contributed by atoms with Crippen LogP contribution in [0.5, 0.6) is 0 Å². The minimum atomic E-state index is -0.192. The van der Waals surface area contributed by atoms with Crippen LogP contribution >= 0.6 is 22.6 Å². The largest absolute Gasteiger partial charge is 0.309 e. The highest BCUT2D eigenvalue weighted by Crippen LogP contribution is 2.27. The summed E-state index contributed by atoms with van der Waals surface area (Å²) in [6.45, 7) is 4.22. The van der Waals surface area contributed by atoms with E-state index in [1.54, 1.807) is 6.07 Å². The Balaban J connectivity index is 2.46. The number of hydrogen-bond donors (Lipinski definition) is 1. The molecule has 1 N–H and O–H groups in total. The van der Waals surface area contributed by atoms with E-state index in [2.05, 4.69) is 60.0 Å². The van der Waals surface area contributed by atoms with Crippen molar-refractivity contribution in [3.05, 3.63) is 68.0 Å². The normalized spacial score (nSPS) is 12.5. The molecule has 0 fully saturated rings. The van der Waals surface area contributed by atoms with Gasteiger partial charge in [-0.3, -0.25) is 0 Å². The summed E-state index contributed by atoms with van der Waals surface area (Å²) < 4.78 is 14.1. The summed E-state index contributed by atoms with van der Waals surface area (Å²) in [6.07, 6.45) is 0. The molecule has 3 heteroatoms. The van der Waals surface area contributed by atoms with Crippen LogP contribution in [0.1, 0.15) is 28.3 Å². The summed E-state index contributed by atoms with van der Waals surface area (Å²) in [7, 11) is 1.93. The van der Waals surface area contributed by atoms with E-state index in [9.17, 15) is 4.39 Å². The van der Waals surface area contributed by atoms with Crippen LogP contribution in [0.3, 0.4) is 0 Å². The Morgan fingerprint density at radius 3 is 2.37 bits per heavy atom. The quantitative estimate of drug-likeness (QED) is 0.793. The first kappa shape index (κ1) is 14.5. The molecule has 1 atom stereocenters. The summed E-state index contributed by atoms with van der Waals surface area (Å²) in [5.74, 6) is -0.192. The Bertz CT molecular complexity index is 595. The van der Waals surface area contributed by atoms with E-state index < -0.39 is 0 Å². The first-order valence-electron chi connectivity index (χ1n) is 6.22. The average molecular weight is 369 g/mol. The second-order valence-electron chi connectivity index (χ2n) is 4.73. The molecule has 0 saturated carbocycles. The summed E-state index contributed by atoms with van der Waals surface area (Å²) >= 11 is 2.19. The van der Waals surface area contributed by atoms with Gasteiger partial charge in [0.05, 0.1) is 6.04 Å². The molecule has 0 bridgehead atoms. The maximum Gasteiger partial charge on any atom is 0.124 e. The standard InChI is InChI=1S/C16H17FIN/c1-10-4-5-12(8-11(10)2)16(19-3)14-7-6-13(17)9-15(14)18/h4-9,16,19H,1-3H3. The Morgan fingerprint density at radius 2 is 1.79 bits per heavy atom. The van der Waals surface area contributed by atoms with Gasteiger partial charge in [0.15, 0.2) is 0 Å². The number of hydrogen-bond acceptors (Lipinski definition) is 1. The van der Waals surface area contributed by atoms with Crippen molar-refractivity contribution in [2.45, 2.75) is 19.9 Å². The highest BCUT2D eigenvalue weighted by atomic mass is 127. The third-order valence-corrected chi connectivity index (χ3v) is 4.36. The highest BCUT2D eigenvalue weighted by molar-refractivity contribution is 14.1. The van der Waals surface area contributed by atoms with Gasteiger partial charge in [-0.05, 0) is 77.9 Å². The number of halogens is 2. The van der Waals surface area contributed by atoms with Crippen LogP contribution in [-0.4, -0.2) is 7.05 Å². The SMILES string of the molecule is CNC(c1ccc(C)c(C)c1)c1ccc(F)cc1I. The molecule has 2 rings (SSSR count). The fourth-order valence-electron chi connectivity index (χ4n) is 2.18. The van der Waals surface area contributed by atoms with Gasteiger partial charge in [-0.1, -0.05) is 24.3 Å². The van der Waals surface area contributed by atoms with Gasteiger partial charge >= 0.3 is 0 Å². The fourth-order valence-corrected chi connectivity index (χ4v) is 2.97. The number of aryl methyl sites for hydroxylation is 2. The van der Waals surface area contributed by atoms with Crippen molar-refractivity contribution in [2.75, 3.05) is 7.05 Å². The lowest BCUT2D eigenvalue weighted by molar-refractivity contribution is 0.621. The smallest absolute Gasteiger partial charge is 0.124 e. The fraction of sp³-hybridized carbons (Fsp3) is 0.250. The predicted molar refractivity (Wildman–Crippen MR) is 85.9 cm³/mol. The molecule has 0 spiro atoms. The maximum atomic E-state index is 13.2. The van der Waals surface area contributed by atoms with Gasteiger partial charge in [0.25, 0.3) is 0 Å². The van der Waals surface area contributed by atoms with Gasteiger partial charge < -0.3 is 5.32 Å². The first-order chi connectivity index (χ1) is 9.02. The number of rotatable bonds is 3. The molecule has 0 aliphatic heterocycles. The van der Waals surface area contributed by atoms with E-state index in [4.69, 9.17) is 0 Å². The Hall–Kier alpha value is -0.940. The van der Waals surface area contributed by atoms with Crippen LogP contribution in [-0.2, 0) is 0 Å². The summed E-state index contributed by atoms with van der Waals surface area (Å²) in [5.41, 5.74) is 4.87. The zero-order valence-corrected chi connectivity index (χ0v) is 13.5. The van der Waals surface area contributed by atoms with Crippen molar-refractivity contribution in [1.29, 1.82) is 0 Å². The topological polar surface area (TPSA) is 12.0 Å². The van der Waals surface area contributed by atoms with Crippen LogP contribution in [0.4, 0.5) is 4.39 Å². The molecule has 100 valence electrons. The third kappa shape index (κ3) is 3.15. The van der Waals surface area contributed by atoms with Crippen LogP contribution in [0, 0.1) is 23.2 Å². The molecule has 0 aliphatic rings. The van der Waals surface area contributed by atoms with E-state index in [1.807, 2.05) is 13.1 Å². The maximum absolute atomic E-state index is 13.2. The Morgan fingerprint density at radius 1 is 1.05 bits per heavy atom. The minimum Gasteiger partial charge on any atom is -0.309 e. The van der Waals surface area contributed by atoms with Crippen molar-refractivity contribution >= 4 is 22.6 Å². The molecule has 1 unspecified atom stereocenters. The lowest BCUT2D eigenvalue weighted by atomic mass is 9.96. The molecule has 0 aliphatic carbocycles. The second-order valence-corrected chi connectivity index (χ2v) is 5.89. The average Bonchev–Trinajstić information content (AvgIpc) is 2.37. The molecule has 19 heavy (non-hydrogen) atoms. The summed E-state index contributed by atoms with van der Waals surface area (Å²) in [6, 6.07) is 11.5. The van der Waals surface area contributed by atoms with Crippen molar-refractivity contribution in [2.24, 2.45) is 0 Å². The zero-order valence-electron chi connectivity index (χ0n) is 11.3. The lowest BCUT2D eigenvalue weighted by Crippen LogP contribution is -2.19. The molecular weight excluding hydrogens is 352 g/mol. The molecule has 1 nitrogen and oxygen atoms in total. The Labute approximate surface area is 127 Å². The summed E-state index contributed by atoms with van der Waals surface area (Å²) in [4.78, 5) is 0. The molecular formula is C16H17FIN. The van der Waals surface area contributed by atoms with E-state index in [0.29, 0.717) is 0 Å². The molecule has 0 aromatic heterocycles. The molecule has 0 saturated heterocycles. The number of benzene rings is 2. The predicted octanol–water partition coefficient (Wildman–Crippen LogP) is 4.36. The van der Waals surface area contributed by atoms with Gasteiger partial charge in [0.2, 0.25) is 0 Å². The van der Waals surface area contributed by atoms with Crippen molar-refractivity contribution in [1.82, 2.24) is 5.32 Å². The van der Waals surface area contributed by atoms with Gasteiger partial charge in [0.1, 0.15) is 5.82 Å². The molecule has 2 aromatic rings. The van der Waals surface area contributed by atoms with Crippen molar-refractivity contribution < 1.29 is 4.39 Å². The van der Waals surface area contributed by atoms with Gasteiger partial charge in [-0.15, -0.1) is 0 Å². The minimum absolute atomic E-state index is 0.0896. The molecule has 0 radical (unpaired) electrons. The summed E-state index contributed by atoms with van der Waals surface area (Å²) in [5, 5.41) is 3.31. The van der Waals surface area contributed by atoms with E-state index >= 15 is 0 Å². The van der Waals surface area contributed by atoms with Crippen molar-refractivity contribution in [3.63, 3.8) is 0 Å². The molecule has 0 heterocycles. The lowest BCUT2D eigenvalue weighted by Gasteiger charge is -2.20. The van der Waals surface area contributed by atoms with Gasteiger partial charge in [-0.25, -0.2) is 4.39 Å². The van der Waals surface area contributed by atoms with Gasteiger partial charge in [0, 0.05) is 3.57 Å². The van der Waals surface area contributed by atoms with Gasteiger partial charge in [-0.2, -0.15) is 0 Å². The van der Waals surface area contributed by atoms with Crippen molar-refractivity contribution in [3.8, 4) is 0 Å².